The third kappa shape index (κ3) is 4.82. The summed E-state index contributed by atoms with van der Waals surface area (Å²) in [6, 6.07) is 3.02. The molecule has 25 heavy (non-hydrogen) atoms. The number of piperazine rings is 1. The molecule has 0 aromatic heterocycles. The van der Waals surface area contributed by atoms with Gasteiger partial charge in [0.25, 0.3) is 5.69 Å². The standard InChI is InChI=1S/C16H22BrN3O5/c1-16(2,3)25-15(22)19-6-4-18(5-7-19)13-8-11(10-21)12(17)9-14(13)20(23)24/h8-9,21H,4-7,10H2,1-3H3. The van der Waals surface area contributed by atoms with Crippen LogP contribution in [0.3, 0.4) is 0 Å². The number of carbonyl (C=O) groups excluding carboxylic acids is 1. The van der Waals surface area contributed by atoms with Gasteiger partial charge in [0.15, 0.2) is 0 Å². The van der Waals surface area contributed by atoms with Crippen molar-refractivity contribution in [2.75, 3.05) is 31.1 Å². The number of hydrogen-bond donors (Lipinski definition) is 1. The van der Waals surface area contributed by atoms with Crippen molar-refractivity contribution in [3.8, 4) is 0 Å². The second-order valence-electron chi connectivity index (χ2n) is 6.80. The van der Waals surface area contributed by atoms with Gasteiger partial charge >= 0.3 is 6.09 Å². The number of aliphatic hydroxyl groups is 1. The van der Waals surface area contributed by atoms with Crippen LogP contribution in [-0.2, 0) is 11.3 Å². The van der Waals surface area contributed by atoms with E-state index in [1.165, 1.54) is 6.07 Å². The smallest absolute Gasteiger partial charge is 0.410 e. The van der Waals surface area contributed by atoms with Crippen molar-refractivity contribution in [3.05, 3.63) is 32.3 Å². The van der Waals surface area contributed by atoms with Crippen LogP contribution in [0.25, 0.3) is 0 Å². The van der Waals surface area contributed by atoms with Crippen molar-refractivity contribution in [1.82, 2.24) is 4.90 Å². The Morgan fingerprint density at radius 2 is 1.92 bits per heavy atom. The molecule has 1 N–H and O–H groups in total. The largest absolute Gasteiger partial charge is 0.444 e. The number of rotatable bonds is 3. The number of carbonyl (C=O) groups is 1. The summed E-state index contributed by atoms with van der Waals surface area (Å²) >= 11 is 3.24. The minimum absolute atomic E-state index is 0.0326. The minimum Gasteiger partial charge on any atom is -0.444 e. The molecule has 1 aliphatic rings. The predicted octanol–water partition coefficient (Wildman–Crippen LogP) is 2.91. The fourth-order valence-electron chi connectivity index (χ4n) is 2.57. The summed E-state index contributed by atoms with van der Waals surface area (Å²) in [5.41, 5.74) is 0.431. The van der Waals surface area contributed by atoms with Crippen LogP contribution in [0, 0.1) is 10.1 Å². The molecule has 0 radical (unpaired) electrons. The Kier molecular flexibility index (Phi) is 5.89. The topological polar surface area (TPSA) is 96.2 Å². The lowest BCUT2D eigenvalue weighted by molar-refractivity contribution is -0.384. The molecule has 0 spiro atoms. The molecular weight excluding hydrogens is 394 g/mol. The average molecular weight is 416 g/mol. The van der Waals surface area contributed by atoms with Crippen molar-refractivity contribution in [2.24, 2.45) is 0 Å². The third-order valence-corrected chi connectivity index (χ3v) is 4.52. The van der Waals surface area contributed by atoms with Gasteiger partial charge in [-0.25, -0.2) is 4.79 Å². The lowest BCUT2D eigenvalue weighted by Gasteiger charge is -2.36. The Morgan fingerprint density at radius 1 is 1.32 bits per heavy atom. The third-order valence-electron chi connectivity index (χ3n) is 3.78. The van der Waals surface area contributed by atoms with E-state index in [1.54, 1.807) is 11.0 Å². The molecule has 0 saturated carbocycles. The molecule has 1 fully saturated rings. The fraction of sp³-hybridized carbons (Fsp3) is 0.562. The Bertz CT molecular complexity index is 666. The summed E-state index contributed by atoms with van der Waals surface area (Å²) < 4.78 is 5.85. The number of ether oxygens (including phenoxy) is 1. The van der Waals surface area contributed by atoms with E-state index in [1.807, 2.05) is 25.7 Å². The molecular formula is C16H22BrN3O5. The van der Waals surface area contributed by atoms with E-state index >= 15 is 0 Å². The van der Waals surface area contributed by atoms with E-state index < -0.39 is 10.5 Å². The molecule has 0 bridgehead atoms. The molecule has 0 atom stereocenters. The quantitative estimate of drug-likeness (QED) is 0.601. The Hall–Kier alpha value is -1.87. The number of anilines is 1. The number of halogens is 1. The van der Waals surface area contributed by atoms with Gasteiger partial charge in [0.2, 0.25) is 0 Å². The summed E-state index contributed by atoms with van der Waals surface area (Å²) in [5, 5.41) is 20.8. The summed E-state index contributed by atoms with van der Waals surface area (Å²) in [4.78, 5) is 26.5. The summed E-state index contributed by atoms with van der Waals surface area (Å²) in [6.07, 6.45) is -0.381. The molecule has 8 nitrogen and oxygen atoms in total. The zero-order chi connectivity index (χ0) is 18.8. The van der Waals surface area contributed by atoms with Crippen molar-refractivity contribution in [3.63, 3.8) is 0 Å². The van der Waals surface area contributed by atoms with Gasteiger partial charge in [-0.15, -0.1) is 0 Å². The SMILES string of the molecule is CC(C)(C)OC(=O)N1CCN(c2cc(CO)c(Br)cc2[N+](=O)[O-])CC1. The van der Waals surface area contributed by atoms with Crippen molar-refractivity contribution in [2.45, 2.75) is 33.0 Å². The second-order valence-corrected chi connectivity index (χ2v) is 7.66. The van der Waals surface area contributed by atoms with Crippen LogP contribution in [0.5, 0.6) is 0 Å². The molecule has 1 saturated heterocycles. The molecule has 1 aromatic rings. The van der Waals surface area contributed by atoms with Gasteiger partial charge in [-0.05, 0) is 32.4 Å². The van der Waals surface area contributed by atoms with Gasteiger partial charge in [0.1, 0.15) is 11.3 Å². The van der Waals surface area contributed by atoms with Crippen LogP contribution in [0.4, 0.5) is 16.2 Å². The molecule has 0 unspecified atom stereocenters. The molecule has 0 aliphatic carbocycles. The number of nitrogens with zero attached hydrogens (tertiary/aromatic N) is 3. The zero-order valence-electron chi connectivity index (χ0n) is 14.5. The van der Waals surface area contributed by atoms with Gasteiger partial charge in [-0.2, -0.15) is 0 Å². The maximum atomic E-state index is 12.1. The number of nitro groups is 1. The summed E-state index contributed by atoms with van der Waals surface area (Å²) in [6.45, 7) is 6.93. The van der Waals surface area contributed by atoms with Crippen LogP contribution < -0.4 is 4.90 Å². The monoisotopic (exact) mass is 415 g/mol. The highest BCUT2D eigenvalue weighted by molar-refractivity contribution is 9.10. The van der Waals surface area contributed by atoms with Crippen molar-refractivity contribution >= 4 is 33.4 Å². The maximum Gasteiger partial charge on any atom is 0.410 e. The highest BCUT2D eigenvalue weighted by atomic mass is 79.9. The predicted molar refractivity (Wildman–Crippen MR) is 96.7 cm³/mol. The summed E-state index contributed by atoms with van der Waals surface area (Å²) in [7, 11) is 0. The van der Waals surface area contributed by atoms with Gasteiger partial charge in [0, 0.05) is 36.7 Å². The first-order valence-electron chi connectivity index (χ1n) is 7.93. The van der Waals surface area contributed by atoms with Gasteiger partial charge < -0.3 is 19.6 Å². The fourth-order valence-corrected chi connectivity index (χ4v) is 3.03. The van der Waals surface area contributed by atoms with E-state index in [0.29, 0.717) is 41.9 Å². The van der Waals surface area contributed by atoms with Crippen LogP contribution in [0.1, 0.15) is 26.3 Å². The Labute approximate surface area is 154 Å². The number of amides is 1. The summed E-state index contributed by atoms with van der Waals surface area (Å²) in [5.74, 6) is 0. The second kappa shape index (κ2) is 7.57. The van der Waals surface area contributed by atoms with Crippen LogP contribution >= 0.6 is 15.9 Å². The first-order chi connectivity index (χ1) is 11.6. The van der Waals surface area contributed by atoms with E-state index in [-0.39, 0.29) is 18.4 Å². The van der Waals surface area contributed by atoms with Gasteiger partial charge in [-0.3, -0.25) is 10.1 Å². The van der Waals surface area contributed by atoms with Crippen molar-refractivity contribution in [1.29, 1.82) is 0 Å². The van der Waals surface area contributed by atoms with E-state index in [9.17, 15) is 20.0 Å². The van der Waals surface area contributed by atoms with E-state index in [2.05, 4.69) is 15.9 Å². The lowest BCUT2D eigenvalue weighted by atomic mass is 10.1. The molecule has 1 aromatic carbocycles. The molecule has 1 heterocycles. The Morgan fingerprint density at radius 3 is 2.40 bits per heavy atom. The van der Waals surface area contributed by atoms with E-state index in [4.69, 9.17) is 4.74 Å². The molecule has 2 rings (SSSR count). The molecule has 138 valence electrons. The minimum atomic E-state index is -0.561. The number of aliphatic hydroxyl groups excluding tert-OH is 1. The number of benzene rings is 1. The normalized spacial score (nSPS) is 15.2. The molecule has 1 aliphatic heterocycles. The van der Waals surface area contributed by atoms with Crippen molar-refractivity contribution < 1.29 is 19.6 Å². The van der Waals surface area contributed by atoms with E-state index in [0.717, 1.165) is 0 Å². The first-order valence-corrected chi connectivity index (χ1v) is 8.72. The highest BCUT2D eigenvalue weighted by Gasteiger charge is 2.29. The maximum absolute atomic E-state index is 12.1. The zero-order valence-corrected chi connectivity index (χ0v) is 16.1. The molecule has 1 amide bonds. The van der Waals surface area contributed by atoms with Crippen LogP contribution in [0.2, 0.25) is 0 Å². The van der Waals surface area contributed by atoms with Crippen LogP contribution in [0.15, 0.2) is 16.6 Å². The van der Waals surface area contributed by atoms with Crippen LogP contribution in [-0.4, -0.2) is 52.8 Å². The Balaban J connectivity index is 2.15. The van der Waals surface area contributed by atoms with Gasteiger partial charge in [0.05, 0.1) is 11.5 Å². The first kappa shape index (κ1) is 19.5. The lowest BCUT2D eigenvalue weighted by Crippen LogP contribution is -2.50. The molecule has 9 heteroatoms. The highest BCUT2D eigenvalue weighted by Crippen LogP contribution is 2.34. The average Bonchev–Trinajstić information content (AvgIpc) is 2.53. The van der Waals surface area contributed by atoms with Gasteiger partial charge in [-0.1, -0.05) is 15.9 Å². The number of nitro benzene ring substituents is 1. The number of hydrogen-bond acceptors (Lipinski definition) is 6.